The summed E-state index contributed by atoms with van der Waals surface area (Å²) in [4.78, 5) is 25.5. The largest absolute Gasteiger partial charge is 0.490 e. The number of hydrogen-bond donors (Lipinski definition) is 1. The molecule has 1 heterocycles. The highest BCUT2D eigenvalue weighted by molar-refractivity contribution is 8.26. The van der Waals surface area contributed by atoms with Crippen molar-refractivity contribution in [3.8, 4) is 11.5 Å². The molecular formula is C24H33NO5S2. The van der Waals surface area contributed by atoms with Crippen LogP contribution in [0.1, 0.15) is 71.8 Å². The minimum atomic E-state index is -1.10. The first-order valence-electron chi connectivity index (χ1n) is 11.2. The lowest BCUT2D eigenvalue weighted by Crippen LogP contribution is -2.41. The van der Waals surface area contributed by atoms with Crippen LogP contribution < -0.4 is 9.47 Å². The Labute approximate surface area is 200 Å². The maximum Gasteiger partial charge on any atom is 0.326 e. The summed E-state index contributed by atoms with van der Waals surface area (Å²) < 4.78 is 12.2. The lowest BCUT2D eigenvalue weighted by molar-refractivity contribution is -0.144. The quantitative estimate of drug-likeness (QED) is 0.215. The number of rotatable bonds is 13. The average molecular weight is 480 g/mol. The van der Waals surface area contributed by atoms with E-state index in [0.29, 0.717) is 23.0 Å². The Bertz CT molecular complexity index is 855. The monoisotopic (exact) mass is 479 g/mol. The van der Waals surface area contributed by atoms with Gasteiger partial charge in [0.25, 0.3) is 5.91 Å². The minimum Gasteiger partial charge on any atom is -0.490 e. The van der Waals surface area contributed by atoms with Gasteiger partial charge in [-0.1, -0.05) is 62.7 Å². The van der Waals surface area contributed by atoms with E-state index in [1.165, 1.54) is 32.6 Å². The summed E-state index contributed by atoms with van der Waals surface area (Å²) in [6, 6.07) is 4.54. The number of carbonyl (C=O) groups is 2. The van der Waals surface area contributed by atoms with Gasteiger partial charge in [0.05, 0.1) is 17.6 Å². The van der Waals surface area contributed by atoms with Crippen LogP contribution in [-0.2, 0) is 9.59 Å². The molecule has 8 heteroatoms. The summed E-state index contributed by atoms with van der Waals surface area (Å²) in [5.74, 6) is -0.197. The first-order valence-corrected chi connectivity index (χ1v) is 12.4. The van der Waals surface area contributed by atoms with E-state index in [4.69, 9.17) is 21.7 Å². The zero-order valence-corrected chi connectivity index (χ0v) is 20.9. The highest BCUT2D eigenvalue weighted by Crippen LogP contribution is 2.36. The third-order valence-corrected chi connectivity index (χ3v) is 6.51. The van der Waals surface area contributed by atoms with Crippen molar-refractivity contribution in [2.24, 2.45) is 0 Å². The van der Waals surface area contributed by atoms with E-state index < -0.39 is 17.9 Å². The van der Waals surface area contributed by atoms with E-state index in [0.717, 1.165) is 35.1 Å². The summed E-state index contributed by atoms with van der Waals surface area (Å²) in [5, 5.41) is 9.23. The van der Waals surface area contributed by atoms with Crippen LogP contribution in [0.15, 0.2) is 23.1 Å². The second kappa shape index (κ2) is 12.8. The van der Waals surface area contributed by atoms with E-state index in [1.54, 1.807) is 6.08 Å². The molecule has 1 amide bonds. The third kappa shape index (κ3) is 7.24. The Morgan fingerprint density at radius 2 is 1.91 bits per heavy atom. The first kappa shape index (κ1) is 26.2. The molecule has 1 fully saturated rings. The zero-order valence-electron chi connectivity index (χ0n) is 19.3. The fourth-order valence-corrected chi connectivity index (χ4v) is 4.79. The van der Waals surface area contributed by atoms with Crippen LogP contribution in [0.25, 0.3) is 6.08 Å². The van der Waals surface area contributed by atoms with E-state index in [-0.39, 0.29) is 10.4 Å². The lowest BCUT2D eigenvalue weighted by atomic mass is 10.1. The number of thiocarbonyl (C=S) groups is 1. The van der Waals surface area contributed by atoms with E-state index in [1.807, 2.05) is 25.1 Å². The Hall–Kier alpha value is -2.06. The maximum atomic E-state index is 12.7. The third-order valence-electron chi connectivity index (χ3n) is 5.18. The van der Waals surface area contributed by atoms with Crippen LogP contribution in [0.3, 0.4) is 0 Å². The lowest BCUT2D eigenvalue weighted by Gasteiger charge is -2.19. The number of carboxylic acid groups (broad SMARTS) is 1. The number of amides is 1. The molecule has 0 radical (unpaired) electrons. The van der Waals surface area contributed by atoms with Crippen molar-refractivity contribution in [3.63, 3.8) is 0 Å². The topological polar surface area (TPSA) is 76.1 Å². The van der Waals surface area contributed by atoms with Crippen molar-refractivity contribution in [1.29, 1.82) is 0 Å². The van der Waals surface area contributed by atoms with Crippen molar-refractivity contribution in [3.05, 3.63) is 28.7 Å². The van der Waals surface area contributed by atoms with Crippen molar-refractivity contribution >= 4 is 46.3 Å². The Morgan fingerprint density at radius 3 is 2.56 bits per heavy atom. The van der Waals surface area contributed by atoms with Gasteiger partial charge >= 0.3 is 5.97 Å². The number of unbranched alkanes of at least 4 members (excludes halogenated alkanes) is 4. The molecule has 2 rings (SSSR count). The number of carboxylic acids is 1. The minimum absolute atomic E-state index is 0.0791. The number of ether oxygens (including phenoxy) is 2. The number of hydrogen-bond acceptors (Lipinski definition) is 6. The first-order chi connectivity index (χ1) is 15.3. The summed E-state index contributed by atoms with van der Waals surface area (Å²) in [6.07, 6.45) is 8.91. The Balaban J connectivity index is 2.11. The second-order valence-electron chi connectivity index (χ2n) is 7.84. The van der Waals surface area contributed by atoms with Crippen molar-refractivity contribution < 1.29 is 24.2 Å². The molecule has 0 saturated carbocycles. The van der Waals surface area contributed by atoms with Gasteiger partial charge < -0.3 is 14.6 Å². The van der Waals surface area contributed by atoms with E-state index in [9.17, 15) is 14.7 Å². The van der Waals surface area contributed by atoms with Gasteiger partial charge in [0, 0.05) is 0 Å². The highest BCUT2D eigenvalue weighted by Gasteiger charge is 2.38. The molecule has 1 aromatic rings. The van der Waals surface area contributed by atoms with Crippen molar-refractivity contribution in [2.75, 3.05) is 6.61 Å². The number of benzene rings is 1. The standard InChI is InChI=1S/C24H33NO5S2/c1-5-7-8-9-10-11-16(3)30-19-13-12-18(14-20(19)29-6-2)15-21-22(26)25(24(31)32-21)17(4)23(27)28/h12-17H,5-11H2,1-4H3,(H,27,28)/b21-15+/t16-,17-/m1/s1. The molecular weight excluding hydrogens is 446 g/mol. The predicted octanol–water partition coefficient (Wildman–Crippen LogP) is 5.89. The average Bonchev–Trinajstić information content (AvgIpc) is 3.02. The van der Waals surface area contributed by atoms with Crippen LogP contribution in [0, 0.1) is 0 Å². The molecule has 32 heavy (non-hydrogen) atoms. The molecule has 0 bridgehead atoms. The van der Waals surface area contributed by atoms with Crippen molar-refractivity contribution in [2.45, 2.75) is 78.4 Å². The smallest absolute Gasteiger partial charge is 0.326 e. The summed E-state index contributed by atoms with van der Waals surface area (Å²) in [6.45, 7) is 8.12. The molecule has 1 N–H and O–H groups in total. The molecule has 1 aliphatic rings. The Morgan fingerprint density at radius 1 is 1.19 bits per heavy atom. The fourth-order valence-electron chi connectivity index (χ4n) is 3.37. The van der Waals surface area contributed by atoms with Crippen LogP contribution in [-0.4, -0.2) is 45.0 Å². The van der Waals surface area contributed by atoms with Crippen LogP contribution >= 0.6 is 24.0 Å². The van der Waals surface area contributed by atoms with Crippen LogP contribution in [0.2, 0.25) is 0 Å². The second-order valence-corrected chi connectivity index (χ2v) is 9.51. The van der Waals surface area contributed by atoms with E-state index >= 15 is 0 Å². The van der Waals surface area contributed by atoms with Gasteiger partial charge in [-0.2, -0.15) is 0 Å². The number of carbonyl (C=O) groups excluding carboxylic acids is 1. The van der Waals surface area contributed by atoms with Gasteiger partial charge in [-0.15, -0.1) is 0 Å². The van der Waals surface area contributed by atoms with Crippen LogP contribution in [0.4, 0.5) is 0 Å². The molecule has 1 aliphatic heterocycles. The molecule has 0 unspecified atom stereocenters. The van der Waals surface area contributed by atoms with Gasteiger partial charge in [0.15, 0.2) is 11.5 Å². The van der Waals surface area contributed by atoms with Gasteiger partial charge in [0.2, 0.25) is 0 Å². The van der Waals surface area contributed by atoms with E-state index in [2.05, 4.69) is 13.8 Å². The van der Waals surface area contributed by atoms with Crippen molar-refractivity contribution in [1.82, 2.24) is 4.90 Å². The van der Waals surface area contributed by atoms with Gasteiger partial charge in [-0.3, -0.25) is 9.69 Å². The highest BCUT2D eigenvalue weighted by atomic mass is 32.2. The predicted molar refractivity (Wildman–Crippen MR) is 133 cm³/mol. The molecule has 6 nitrogen and oxygen atoms in total. The number of nitrogens with zero attached hydrogens (tertiary/aromatic N) is 1. The number of aliphatic carboxylic acids is 1. The molecule has 0 spiro atoms. The normalized spacial score (nSPS) is 17.0. The summed E-state index contributed by atoms with van der Waals surface area (Å²) in [5.41, 5.74) is 0.761. The molecule has 1 saturated heterocycles. The van der Waals surface area contributed by atoms with Gasteiger partial charge in [-0.05, 0) is 57.4 Å². The summed E-state index contributed by atoms with van der Waals surface area (Å²) in [7, 11) is 0. The molecule has 0 aliphatic carbocycles. The van der Waals surface area contributed by atoms with Crippen LogP contribution in [0.5, 0.6) is 11.5 Å². The Kier molecular flexibility index (Phi) is 10.5. The number of thioether (sulfide) groups is 1. The molecule has 2 atom stereocenters. The van der Waals surface area contributed by atoms with Gasteiger partial charge in [0.1, 0.15) is 10.4 Å². The molecule has 1 aromatic carbocycles. The zero-order chi connectivity index (χ0) is 23.7. The maximum absolute atomic E-state index is 12.7. The molecule has 176 valence electrons. The van der Waals surface area contributed by atoms with Gasteiger partial charge in [-0.25, -0.2) is 4.79 Å². The fraction of sp³-hybridized carbons (Fsp3) is 0.542. The SMILES string of the molecule is CCCCCCC[C@@H](C)Oc1ccc(/C=C2/SC(=S)N([C@H](C)C(=O)O)C2=O)cc1OCC. The molecule has 0 aromatic heterocycles. The summed E-state index contributed by atoms with van der Waals surface area (Å²) >= 11 is 6.32.